The zero-order valence-corrected chi connectivity index (χ0v) is 12.0. The summed E-state index contributed by atoms with van der Waals surface area (Å²) in [6, 6.07) is 10.7. The Morgan fingerprint density at radius 3 is 2.53 bits per heavy atom. The van der Waals surface area contributed by atoms with Crippen molar-refractivity contribution in [3.8, 4) is 0 Å². The zero-order chi connectivity index (χ0) is 13.8. The molecule has 0 N–H and O–H groups in total. The molecule has 1 aromatic carbocycles. The van der Waals surface area contributed by atoms with Crippen molar-refractivity contribution in [1.29, 1.82) is 0 Å². The van der Waals surface area contributed by atoms with Gasteiger partial charge in [-0.25, -0.2) is 0 Å². The quantitative estimate of drug-likeness (QED) is 0.762. The van der Waals surface area contributed by atoms with Crippen LogP contribution in [0, 0.1) is 0 Å². The van der Waals surface area contributed by atoms with E-state index in [2.05, 4.69) is 36.1 Å². The number of ether oxygens (including phenoxy) is 1. The second-order valence-electron chi connectivity index (χ2n) is 5.36. The monoisotopic (exact) mass is 261 g/mol. The number of likely N-dealkylation sites (tertiary alicyclic amines) is 1. The van der Waals surface area contributed by atoms with Gasteiger partial charge in [0.25, 0.3) is 0 Å². The predicted molar refractivity (Wildman–Crippen MR) is 75.8 cm³/mol. The number of benzene rings is 1. The van der Waals surface area contributed by atoms with Gasteiger partial charge in [0.15, 0.2) is 0 Å². The first-order chi connectivity index (χ1) is 9.13. The lowest BCUT2D eigenvalue weighted by atomic mass is 9.94. The number of carbonyl (C=O) groups excluding carboxylic acids is 1. The number of hydrogen-bond donors (Lipinski definition) is 0. The van der Waals surface area contributed by atoms with Gasteiger partial charge in [-0.3, -0.25) is 9.69 Å². The molecule has 0 bridgehead atoms. The van der Waals surface area contributed by atoms with E-state index in [9.17, 15) is 4.79 Å². The average molecular weight is 261 g/mol. The Morgan fingerprint density at radius 2 is 2.05 bits per heavy atom. The Morgan fingerprint density at radius 1 is 1.37 bits per heavy atom. The van der Waals surface area contributed by atoms with Crippen molar-refractivity contribution in [2.75, 3.05) is 6.54 Å². The lowest BCUT2D eigenvalue weighted by molar-refractivity contribution is -0.161. The Kier molecular flexibility index (Phi) is 4.59. The molecule has 104 valence electrons. The molecule has 1 saturated heterocycles. The molecule has 3 heteroatoms. The van der Waals surface area contributed by atoms with Crippen LogP contribution in [0.4, 0.5) is 0 Å². The zero-order valence-electron chi connectivity index (χ0n) is 12.0. The van der Waals surface area contributed by atoms with Crippen molar-refractivity contribution in [2.24, 2.45) is 0 Å². The van der Waals surface area contributed by atoms with E-state index in [0.717, 1.165) is 19.4 Å². The van der Waals surface area contributed by atoms with Gasteiger partial charge >= 0.3 is 5.97 Å². The van der Waals surface area contributed by atoms with Crippen LogP contribution in [0.5, 0.6) is 0 Å². The Balaban J connectivity index is 2.06. The smallest absolute Gasteiger partial charge is 0.323 e. The lowest BCUT2D eigenvalue weighted by Gasteiger charge is -2.44. The molecule has 1 aliphatic heterocycles. The van der Waals surface area contributed by atoms with E-state index in [1.54, 1.807) is 0 Å². The molecule has 1 aliphatic rings. The van der Waals surface area contributed by atoms with Gasteiger partial charge in [0.1, 0.15) is 6.04 Å². The summed E-state index contributed by atoms with van der Waals surface area (Å²) in [7, 11) is 0. The summed E-state index contributed by atoms with van der Waals surface area (Å²) >= 11 is 0. The maximum atomic E-state index is 12.0. The highest BCUT2D eigenvalue weighted by molar-refractivity contribution is 5.77. The van der Waals surface area contributed by atoms with Crippen molar-refractivity contribution in [3.05, 3.63) is 35.9 Å². The number of nitrogens with zero attached hydrogens (tertiary/aromatic N) is 1. The number of rotatable bonds is 5. The van der Waals surface area contributed by atoms with E-state index in [4.69, 9.17) is 4.74 Å². The minimum absolute atomic E-state index is 0.0354. The molecule has 0 aliphatic carbocycles. The van der Waals surface area contributed by atoms with Gasteiger partial charge in [0.05, 0.1) is 6.10 Å². The molecular formula is C16H23NO2. The fourth-order valence-electron chi connectivity index (χ4n) is 2.68. The molecule has 0 aromatic heterocycles. The van der Waals surface area contributed by atoms with Crippen LogP contribution < -0.4 is 0 Å². The van der Waals surface area contributed by atoms with E-state index in [1.807, 2.05) is 19.9 Å². The van der Waals surface area contributed by atoms with Gasteiger partial charge in [0.2, 0.25) is 0 Å². The minimum Gasteiger partial charge on any atom is -0.462 e. The molecular weight excluding hydrogens is 238 g/mol. The van der Waals surface area contributed by atoms with Crippen LogP contribution in [0.3, 0.4) is 0 Å². The van der Waals surface area contributed by atoms with Crippen molar-refractivity contribution in [3.63, 3.8) is 0 Å². The van der Waals surface area contributed by atoms with Crippen LogP contribution >= 0.6 is 0 Å². The standard InChI is InChI=1S/C16H23NO2/c1-4-14(13-8-6-5-7-9-13)17-11-10-15(17)16(18)19-12(2)3/h5-9,12,14-15H,4,10-11H2,1-3H3. The molecule has 1 aromatic rings. The lowest BCUT2D eigenvalue weighted by Crippen LogP contribution is -2.54. The second kappa shape index (κ2) is 6.20. The third-order valence-electron chi connectivity index (χ3n) is 3.66. The van der Waals surface area contributed by atoms with Gasteiger partial charge in [-0.1, -0.05) is 37.3 Å². The summed E-state index contributed by atoms with van der Waals surface area (Å²) in [5.41, 5.74) is 1.28. The first-order valence-electron chi connectivity index (χ1n) is 7.14. The van der Waals surface area contributed by atoms with Gasteiger partial charge in [0, 0.05) is 12.6 Å². The number of carbonyl (C=O) groups is 1. The van der Waals surface area contributed by atoms with E-state index >= 15 is 0 Å². The summed E-state index contributed by atoms with van der Waals surface area (Å²) < 4.78 is 5.33. The van der Waals surface area contributed by atoms with E-state index in [1.165, 1.54) is 5.56 Å². The summed E-state index contributed by atoms with van der Waals surface area (Å²) in [4.78, 5) is 14.3. The Hall–Kier alpha value is -1.35. The molecule has 0 radical (unpaired) electrons. The Bertz CT molecular complexity index is 416. The van der Waals surface area contributed by atoms with Crippen LogP contribution in [-0.2, 0) is 9.53 Å². The molecule has 0 amide bonds. The molecule has 0 saturated carbocycles. The third-order valence-corrected chi connectivity index (χ3v) is 3.66. The predicted octanol–water partition coefficient (Wildman–Crippen LogP) is 3.16. The highest BCUT2D eigenvalue weighted by Gasteiger charge is 2.39. The maximum absolute atomic E-state index is 12.0. The normalized spacial score (nSPS) is 20.9. The van der Waals surface area contributed by atoms with Crippen molar-refractivity contribution < 1.29 is 9.53 Å². The van der Waals surface area contributed by atoms with Gasteiger partial charge < -0.3 is 4.74 Å². The number of hydrogen-bond acceptors (Lipinski definition) is 3. The molecule has 2 atom stereocenters. The first-order valence-corrected chi connectivity index (χ1v) is 7.14. The summed E-state index contributed by atoms with van der Waals surface area (Å²) in [5.74, 6) is -0.0735. The molecule has 0 spiro atoms. The summed E-state index contributed by atoms with van der Waals surface area (Å²) in [6.45, 7) is 6.94. The highest BCUT2D eigenvalue weighted by Crippen LogP contribution is 2.33. The largest absolute Gasteiger partial charge is 0.462 e. The summed E-state index contributed by atoms with van der Waals surface area (Å²) in [6.07, 6.45) is 1.89. The molecule has 2 rings (SSSR count). The van der Waals surface area contributed by atoms with E-state index < -0.39 is 0 Å². The van der Waals surface area contributed by atoms with Crippen molar-refractivity contribution in [2.45, 2.75) is 51.8 Å². The minimum atomic E-state index is -0.0735. The first kappa shape index (κ1) is 14.1. The van der Waals surface area contributed by atoms with Gasteiger partial charge in [-0.15, -0.1) is 0 Å². The topological polar surface area (TPSA) is 29.5 Å². The second-order valence-corrected chi connectivity index (χ2v) is 5.36. The van der Waals surface area contributed by atoms with Crippen LogP contribution in [0.2, 0.25) is 0 Å². The molecule has 19 heavy (non-hydrogen) atoms. The van der Waals surface area contributed by atoms with Gasteiger partial charge in [-0.05, 0) is 32.3 Å². The van der Waals surface area contributed by atoms with Crippen LogP contribution in [0.25, 0.3) is 0 Å². The SMILES string of the molecule is CCC(c1ccccc1)N1CCC1C(=O)OC(C)C. The van der Waals surface area contributed by atoms with Crippen LogP contribution in [0.1, 0.15) is 45.2 Å². The molecule has 3 nitrogen and oxygen atoms in total. The van der Waals surface area contributed by atoms with E-state index in [0.29, 0.717) is 6.04 Å². The van der Waals surface area contributed by atoms with Crippen LogP contribution in [0.15, 0.2) is 30.3 Å². The van der Waals surface area contributed by atoms with Crippen molar-refractivity contribution in [1.82, 2.24) is 4.90 Å². The van der Waals surface area contributed by atoms with Crippen LogP contribution in [-0.4, -0.2) is 29.6 Å². The fraction of sp³-hybridized carbons (Fsp3) is 0.562. The molecule has 2 unspecified atom stereocenters. The summed E-state index contributed by atoms with van der Waals surface area (Å²) in [5, 5.41) is 0. The number of esters is 1. The maximum Gasteiger partial charge on any atom is 0.323 e. The third kappa shape index (κ3) is 3.16. The fourth-order valence-corrected chi connectivity index (χ4v) is 2.68. The van der Waals surface area contributed by atoms with Crippen molar-refractivity contribution >= 4 is 5.97 Å². The Labute approximate surface area is 115 Å². The van der Waals surface area contributed by atoms with Gasteiger partial charge in [-0.2, -0.15) is 0 Å². The van der Waals surface area contributed by atoms with E-state index in [-0.39, 0.29) is 18.1 Å². The molecule has 1 fully saturated rings. The molecule has 1 heterocycles. The highest BCUT2D eigenvalue weighted by atomic mass is 16.5. The average Bonchev–Trinajstić information content (AvgIpc) is 2.34.